The van der Waals surface area contributed by atoms with E-state index in [1.54, 1.807) is 32.0 Å². The molecular formula is C25H32ClNO7. The molecule has 3 atom stereocenters. The molecule has 1 heterocycles. The van der Waals surface area contributed by atoms with Gasteiger partial charge in [-0.2, -0.15) is 0 Å². The zero-order valence-corrected chi connectivity index (χ0v) is 21.3. The number of aromatic nitrogens is 1. The number of carbonyl (C=O) groups is 2. The molecule has 0 aliphatic heterocycles. The van der Waals surface area contributed by atoms with Crippen molar-refractivity contribution in [2.45, 2.75) is 53.2 Å². The van der Waals surface area contributed by atoms with Gasteiger partial charge in [-0.15, -0.1) is 0 Å². The Kier molecular flexibility index (Phi) is 9.15. The van der Waals surface area contributed by atoms with Gasteiger partial charge in [0.2, 0.25) is 0 Å². The first-order valence-electron chi connectivity index (χ1n) is 10.8. The van der Waals surface area contributed by atoms with Crippen molar-refractivity contribution in [1.29, 1.82) is 0 Å². The van der Waals surface area contributed by atoms with Crippen LogP contribution in [0, 0.1) is 11.3 Å². The summed E-state index contributed by atoms with van der Waals surface area (Å²) in [6.45, 7) is 9.24. The Hall–Kier alpha value is -3.00. The summed E-state index contributed by atoms with van der Waals surface area (Å²) in [5.41, 5.74) is -0.540. The van der Waals surface area contributed by atoms with Crippen LogP contribution in [-0.4, -0.2) is 48.3 Å². The average Bonchev–Trinajstić information content (AvgIpc) is 2.77. The van der Waals surface area contributed by atoms with E-state index in [0.29, 0.717) is 16.5 Å². The predicted octanol–water partition coefficient (Wildman–Crippen LogP) is 5.09. The lowest BCUT2D eigenvalue weighted by atomic mass is 9.86. The Labute approximate surface area is 205 Å². The lowest BCUT2D eigenvalue weighted by Crippen LogP contribution is -2.44. The molecule has 0 aliphatic carbocycles. The lowest BCUT2D eigenvalue weighted by Gasteiger charge is -2.35. The molecule has 0 amide bonds. The highest BCUT2D eigenvalue weighted by Gasteiger charge is 2.35. The van der Waals surface area contributed by atoms with Crippen molar-refractivity contribution in [1.82, 2.24) is 4.98 Å². The number of carbonyl (C=O) groups excluding carboxylic acids is 2. The van der Waals surface area contributed by atoms with Gasteiger partial charge in [0.15, 0.2) is 23.0 Å². The second-order valence-corrected chi connectivity index (χ2v) is 9.49. The smallest absolute Gasteiger partial charge is 0.309 e. The van der Waals surface area contributed by atoms with Crippen LogP contribution in [-0.2, 0) is 9.53 Å². The monoisotopic (exact) mass is 493 g/mol. The SMILES string of the molecule is COc1cc(O[C@@H]([C@H](C)OC(=O)[C@H](C)CC(=O)c2nccc(OC)c2O)C(C)(C)C)ccc1Cl. The number of halogens is 1. The van der Waals surface area contributed by atoms with Crippen molar-refractivity contribution < 1.29 is 33.6 Å². The molecule has 34 heavy (non-hydrogen) atoms. The van der Waals surface area contributed by atoms with E-state index in [0.717, 1.165) is 0 Å². The minimum atomic E-state index is -0.765. The normalized spacial score (nSPS) is 14.0. The highest BCUT2D eigenvalue weighted by Crippen LogP contribution is 2.34. The Bertz CT molecular complexity index is 1020. The van der Waals surface area contributed by atoms with Crippen LogP contribution in [0.25, 0.3) is 0 Å². The summed E-state index contributed by atoms with van der Waals surface area (Å²) >= 11 is 6.10. The summed E-state index contributed by atoms with van der Waals surface area (Å²) < 4.78 is 22.1. The molecule has 0 aliphatic rings. The second kappa shape index (κ2) is 11.4. The van der Waals surface area contributed by atoms with Gasteiger partial charge in [-0.05, 0) is 19.1 Å². The summed E-state index contributed by atoms with van der Waals surface area (Å²) in [6.07, 6.45) is 0.0344. The van der Waals surface area contributed by atoms with E-state index in [1.807, 2.05) is 20.8 Å². The number of Topliss-reactive ketones (excluding diaryl/α,β-unsaturated/α-hetero) is 1. The highest BCUT2D eigenvalue weighted by molar-refractivity contribution is 6.32. The fourth-order valence-corrected chi connectivity index (χ4v) is 3.66. The summed E-state index contributed by atoms with van der Waals surface area (Å²) in [4.78, 5) is 29.3. The van der Waals surface area contributed by atoms with Crippen molar-refractivity contribution in [3.63, 3.8) is 0 Å². The van der Waals surface area contributed by atoms with E-state index in [1.165, 1.54) is 26.5 Å². The quantitative estimate of drug-likeness (QED) is 0.360. The largest absolute Gasteiger partial charge is 0.503 e. The van der Waals surface area contributed by atoms with Gasteiger partial charge in [0.05, 0.1) is 25.2 Å². The minimum absolute atomic E-state index is 0.131. The molecule has 0 bridgehead atoms. The van der Waals surface area contributed by atoms with Gasteiger partial charge in [-0.1, -0.05) is 39.3 Å². The maximum atomic E-state index is 12.8. The summed E-state index contributed by atoms with van der Waals surface area (Å²) in [7, 11) is 2.89. The van der Waals surface area contributed by atoms with E-state index >= 15 is 0 Å². The number of aromatic hydroxyl groups is 1. The van der Waals surface area contributed by atoms with E-state index in [4.69, 9.17) is 30.5 Å². The Morgan fingerprint density at radius 1 is 1.09 bits per heavy atom. The number of methoxy groups -OCH3 is 2. The van der Waals surface area contributed by atoms with E-state index < -0.39 is 29.9 Å². The van der Waals surface area contributed by atoms with E-state index in [9.17, 15) is 14.7 Å². The van der Waals surface area contributed by atoms with Gasteiger partial charge in [-0.25, -0.2) is 4.98 Å². The van der Waals surface area contributed by atoms with Crippen molar-refractivity contribution in [2.75, 3.05) is 14.2 Å². The molecular weight excluding hydrogens is 462 g/mol. The van der Waals surface area contributed by atoms with Gasteiger partial charge >= 0.3 is 5.97 Å². The number of ether oxygens (including phenoxy) is 4. The van der Waals surface area contributed by atoms with Crippen LogP contribution in [0.2, 0.25) is 5.02 Å². The van der Waals surface area contributed by atoms with Crippen molar-refractivity contribution in [2.24, 2.45) is 11.3 Å². The fourth-order valence-electron chi connectivity index (χ4n) is 3.46. The number of rotatable bonds is 10. The number of pyridine rings is 1. The molecule has 0 saturated carbocycles. The van der Waals surface area contributed by atoms with E-state index in [-0.39, 0.29) is 29.0 Å². The number of hydrogen-bond donors (Lipinski definition) is 1. The zero-order chi connectivity index (χ0) is 25.6. The molecule has 2 rings (SSSR count). The van der Waals surface area contributed by atoms with Gasteiger partial charge in [0.25, 0.3) is 0 Å². The van der Waals surface area contributed by atoms with Crippen LogP contribution < -0.4 is 14.2 Å². The van der Waals surface area contributed by atoms with Gasteiger partial charge in [-0.3, -0.25) is 9.59 Å². The zero-order valence-electron chi connectivity index (χ0n) is 20.5. The van der Waals surface area contributed by atoms with Crippen LogP contribution in [0.3, 0.4) is 0 Å². The molecule has 1 aromatic heterocycles. The highest BCUT2D eigenvalue weighted by atomic mass is 35.5. The second-order valence-electron chi connectivity index (χ2n) is 9.08. The third-order valence-electron chi connectivity index (χ3n) is 5.23. The van der Waals surface area contributed by atoms with Crippen LogP contribution in [0.1, 0.15) is 51.5 Å². The molecule has 0 radical (unpaired) electrons. The van der Waals surface area contributed by atoms with Gasteiger partial charge in [0.1, 0.15) is 23.7 Å². The Balaban J connectivity index is 2.10. The maximum absolute atomic E-state index is 12.8. The fraction of sp³-hybridized carbons (Fsp3) is 0.480. The standard InChI is InChI=1S/C25H32ClNO7/c1-14(12-18(28)21-22(29)19(31-6)10-11-27-21)24(30)33-15(2)23(25(3,4)5)34-16-8-9-17(26)20(13-16)32-7/h8-11,13-15,23,29H,12H2,1-7H3/t14-,15+,23+/m1/s1. The summed E-state index contributed by atoms with van der Waals surface area (Å²) in [5.74, 6) is -1.06. The van der Waals surface area contributed by atoms with E-state index in [2.05, 4.69) is 4.98 Å². The molecule has 0 fully saturated rings. The Morgan fingerprint density at radius 3 is 2.32 bits per heavy atom. The lowest BCUT2D eigenvalue weighted by molar-refractivity contribution is -0.160. The van der Waals surface area contributed by atoms with Crippen molar-refractivity contribution in [3.05, 3.63) is 41.2 Å². The number of benzene rings is 1. The first kappa shape index (κ1) is 27.2. The van der Waals surface area contributed by atoms with Crippen LogP contribution >= 0.6 is 11.6 Å². The molecule has 0 unspecified atom stereocenters. The molecule has 9 heteroatoms. The molecule has 8 nitrogen and oxygen atoms in total. The average molecular weight is 494 g/mol. The third kappa shape index (κ3) is 6.76. The number of hydrogen-bond acceptors (Lipinski definition) is 8. The molecule has 186 valence electrons. The predicted molar refractivity (Wildman–Crippen MR) is 128 cm³/mol. The maximum Gasteiger partial charge on any atom is 0.309 e. The molecule has 1 N–H and O–H groups in total. The molecule has 0 spiro atoms. The van der Waals surface area contributed by atoms with Crippen molar-refractivity contribution in [3.8, 4) is 23.0 Å². The number of ketones is 1. The van der Waals surface area contributed by atoms with Gasteiger partial charge in [0, 0.05) is 30.2 Å². The summed E-state index contributed by atoms with van der Waals surface area (Å²) in [5, 5.41) is 10.6. The van der Waals surface area contributed by atoms with Crippen molar-refractivity contribution >= 4 is 23.4 Å². The van der Waals surface area contributed by atoms with Gasteiger partial charge < -0.3 is 24.1 Å². The van der Waals surface area contributed by atoms with Crippen LogP contribution in [0.4, 0.5) is 0 Å². The first-order valence-corrected chi connectivity index (χ1v) is 11.2. The number of nitrogens with zero attached hydrogens (tertiary/aromatic N) is 1. The Morgan fingerprint density at radius 2 is 1.74 bits per heavy atom. The number of esters is 1. The van der Waals surface area contributed by atoms with Crippen LogP contribution in [0.15, 0.2) is 30.5 Å². The molecule has 0 saturated heterocycles. The van der Waals surface area contributed by atoms with Crippen LogP contribution in [0.5, 0.6) is 23.0 Å². The first-order chi connectivity index (χ1) is 15.9. The minimum Gasteiger partial charge on any atom is -0.503 e. The molecule has 1 aromatic carbocycles. The third-order valence-corrected chi connectivity index (χ3v) is 5.55. The molecule has 2 aromatic rings. The summed E-state index contributed by atoms with van der Waals surface area (Å²) in [6, 6.07) is 6.49. The topological polar surface area (TPSA) is 104 Å².